The van der Waals surface area contributed by atoms with E-state index in [1.807, 2.05) is 13.8 Å². The summed E-state index contributed by atoms with van der Waals surface area (Å²) in [6, 6.07) is 0.234. The number of ether oxygens (including phenoxy) is 1. The Labute approximate surface area is 99.1 Å². The third-order valence-electron chi connectivity index (χ3n) is 2.38. The smallest absolute Gasteiger partial charge is 0.249 e. The van der Waals surface area contributed by atoms with E-state index in [-0.39, 0.29) is 18.1 Å². The number of likely N-dealkylation sites (N-methyl/N-ethyl adjacent to an activating group) is 1. The van der Waals surface area contributed by atoms with Gasteiger partial charge < -0.3 is 15.4 Å². The van der Waals surface area contributed by atoms with Crippen LogP contribution in [-0.2, 0) is 9.53 Å². The van der Waals surface area contributed by atoms with Crippen molar-refractivity contribution in [3.05, 3.63) is 0 Å². The molecule has 0 saturated heterocycles. The maximum Gasteiger partial charge on any atom is 0.249 e. The Hall–Kier alpha value is -0.610. The lowest BCUT2D eigenvalue weighted by Crippen LogP contribution is -2.40. The first-order valence-corrected chi connectivity index (χ1v) is 6.24. The molecule has 2 atom stereocenters. The fourth-order valence-electron chi connectivity index (χ4n) is 1.43. The topological polar surface area (TPSA) is 50.4 Å². The van der Waals surface area contributed by atoms with Gasteiger partial charge in [0.05, 0.1) is 6.61 Å². The molecule has 0 radical (unpaired) electrons. The summed E-state index contributed by atoms with van der Waals surface area (Å²) < 4.78 is 5.41. The number of rotatable bonds is 9. The standard InChI is InChI=1S/C12H26N2O2/c1-5-7-10(3)14-12(15)11(4)16-9-8-13-6-2/h10-11,13H,5-9H2,1-4H3,(H,14,15). The zero-order valence-electron chi connectivity index (χ0n) is 11.0. The Morgan fingerprint density at radius 2 is 2.00 bits per heavy atom. The minimum Gasteiger partial charge on any atom is -0.367 e. The maximum absolute atomic E-state index is 11.6. The second-order valence-electron chi connectivity index (χ2n) is 4.06. The zero-order chi connectivity index (χ0) is 12.4. The van der Waals surface area contributed by atoms with Gasteiger partial charge >= 0.3 is 0 Å². The normalized spacial score (nSPS) is 14.5. The SMILES string of the molecule is CCCC(C)NC(=O)C(C)OCCNCC. The van der Waals surface area contributed by atoms with Crippen LogP contribution in [0.15, 0.2) is 0 Å². The Kier molecular flexibility index (Phi) is 9.24. The molecule has 0 saturated carbocycles. The fraction of sp³-hybridized carbons (Fsp3) is 0.917. The molecule has 0 aliphatic rings. The molecule has 4 nitrogen and oxygen atoms in total. The van der Waals surface area contributed by atoms with Crippen molar-refractivity contribution in [2.45, 2.75) is 52.7 Å². The van der Waals surface area contributed by atoms with Gasteiger partial charge in [-0.25, -0.2) is 0 Å². The molecule has 0 aromatic heterocycles. The molecule has 0 aromatic rings. The van der Waals surface area contributed by atoms with E-state index in [0.29, 0.717) is 6.61 Å². The van der Waals surface area contributed by atoms with Gasteiger partial charge in [-0.05, 0) is 26.8 Å². The summed E-state index contributed by atoms with van der Waals surface area (Å²) >= 11 is 0. The van der Waals surface area contributed by atoms with Crippen LogP contribution in [0.4, 0.5) is 0 Å². The predicted octanol–water partition coefficient (Wildman–Crippen LogP) is 1.31. The molecule has 0 aliphatic heterocycles. The first-order chi connectivity index (χ1) is 7.61. The third-order valence-corrected chi connectivity index (χ3v) is 2.38. The van der Waals surface area contributed by atoms with E-state index in [2.05, 4.69) is 17.6 Å². The van der Waals surface area contributed by atoms with Crippen LogP contribution in [0.25, 0.3) is 0 Å². The molecule has 1 amide bonds. The van der Waals surface area contributed by atoms with E-state index in [4.69, 9.17) is 4.74 Å². The fourth-order valence-corrected chi connectivity index (χ4v) is 1.43. The molecule has 0 fully saturated rings. The summed E-state index contributed by atoms with van der Waals surface area (Å²) in [6.07, 6.45) is 1.73. The van der Waals surface area contributed by atoms with E-state index in [9.17, 15) is 4.79 Å². The van der Waals surface area contributed by atoms with Crippen LogP contribution in [0.5, 0.6) is 0 Å². The summed E-state index contributed by atoms with van der Waals surface area (Å²) in [7, 11) is 0. The molecular formula is C12H26N2O2. The van der Waals surface area contributed by atoms with Gasteiger partial charge in [-0.1, -0.05) is 20.3 Å². The van der Waals surface area contributed by atoms with Crippen LogP contribution in [0.2, 0.25) is 0 Å². The Morgan fingerprint density at radius 1 is 1.31 bits per heavy atom. The van der Waals surface area contributed by atoms with Crippen LogP contribution < -0.4 is 10.6 Å². The van der Waals surface area contributed by atoms with E-state index in [1.165, 1.54) is 0 Å². The molecule has 4 heteroatoms. The van der Waals surface area contributed by atoms with Gasteiger partial charge in [-0.15, -0.1) is 0 Å². The van der Waals surface area contributed by atoms with Crippen LogP contribution in [0.3, 0.4) is 0 Å². The summed E-state index contributed by atoms with van der Waals surface area (Å²) in [6.45, 7) is 10.3. The summed E-state index contributed by atoms with van der Waals surface area (Å²) in [5.41, 5.74) is 0. The second-order valence-corrected chi connectivity index (χ2v) is 4.06. The lowest BCUT2D eigenvalue weighted by Gasteiger charge is -2.17. The highest BCUT2D eigenvalue weighted by Gasteiger charge is 2.14. The molecule has 0 rings (SSSR count). The van der Waals surface area contributed by atoms with Gasteiger partial charge in [0, 0.05) is 12.6 Å². The quantitative estimate of drug-likeness (QED) is 0.587. The summed E-state index contributed by atoms with van der Waals surface area (Å²) in [5, 5.41) is 6.08. The number of nitrogens with one attached hydrogen (secondary N) is 2. The van der Waals surface area contributed by atoms with Gasteiger partial charge in [-0.3, -0.25) is 4.79 Å². The second kappa shape index (κ2) is 9.60. The molecule has 0 spiro atoms. The monoisotopic (exact) mass is 230 g/mol. The molecular weight excluding hydrogens is 204 g/mol. The van der Waals surface area contributed by atoms with Crippen molar-refractivity contribution in [3.63, 3.8) is 0 Å². The Morgan fingerprint density at radius 3 is 2.56 bits per heavy atom. The van der Waals surface area contributed by atoms with Crippen molar-refractivity contribution in [2.75, 3.05) is 19.7 Å². The van der Waals surface area contributed by atoms with Gasteiger partial charge in [-0.2, -0.15) is 0 Å². The molecule has 0 heterocycles. The average molecular weight is 230 g/mol. The van der Waals surface area contributed by atoms with Crippen molar-refractivity contribution in [2.24, 2.45) is 0 Å². The number of hydrogen-bond donors (Lipinski definition) is 2. The van der Waals surface area contributed by atoms with E-state index in [1.54, 1.807) is 6.92 Å². The maximum atomic E-state index is 11.6. The minimum atomic E-state index is -0.363. The van der Waals surface area contributed by atoms with Crippen molar-refractivity contribution >= 4 is 5.91 Å². The van der Waals surface area contributed by atoms with E-state index < -0.39 is 0 Å². The highest BCUT2D eigenvalue weighted by atomic mass is 16.5. The van der Waals surface area contributed by atoms with E-state index in [0.717, 1.165) is 25.9 Å². The first-order valence-electron chi connectivity index (χ1n) is 6.24. The Balaban J connectivity index is 3.64. The van der Waals surface area contributed by atoms with Crippen molar-refractivity contribution in [1.29, 1.82) is 0 Å². The van der Waals surface area contributed by atoms with Crippen LogP contribution in [-0.4, -0.2) is 37.7 Å². The lowest BCUT2D eigenvalue weighted by atomic mass is 10.2. The van der Waals surface area contributed by atoms with Gasteiger partial charge in [0.15, 0.2) is 0 Å². The molecule has 16 heavy (non-hydrogen) atoms. The number of carbonyl (C=O) groups is 1. The largest absolute Gasteiger partial charge is 0.367 e. The van der Waals surface area contributed by atoms with Crippen molar-refractivity contribution in [3.8, 4) is 0 Å². The predicted molar refractivity (Wildman–Crippen MR) is 66.5 cm³/mol. The zero-order valence-corrected chi connectivity index (χ0v) is 11.0. The molecule has 0 aliphatic carbocycles. The van der Waals surface area contributed by atoms with Crippen LogP contribution >= 0.6 is 0 Å². The van der Waals surface area contributed by atoms with Gasteiger partial charge in [0.25, 0.3) is 0 Å². The number of carbonyl (C=O) groups excluding carboxylic acids is 1. The lowest BCUT2D eigenvalue weighted by molar-refractivity contribution is -0.132. The first kappa shape index (κ1) is 15.4. The minimum absolute atomic E-state index is 0.0163. The Bertz CT molecular complexity index is 186. The third kappa shape index (κ3) is 7.65. The highest BCUT2D eigenvalue weighted by molar-refractivity contribution is 5.80. The van der Waals surface area contributed by atoms with Crippen molar-refractivity contribution < 1.29 is 9.53 Å². The molecule has 0 bridgehead atoms. The highest BCUT2D eigenvalue weighted by Crippen LogP contribution is 1.97. The average Bonchev–Trinajstić information content (AvgIpc) is 2.24. The number of amides is 1. The van der Waals surface area contributed by atoms with Crippen molar-refractivity contribution in [1.82, 2.24) is 10.6 Å². The van der Waals surface area contributed by atoms with Crippen LogP contribution in [0.1, 0.15) is 40.5 Å². The van der Waals surface area contributed by atoms with Gasteiger partial charge in [0.2, 0.25) is 5.91 Å². The molecule has 2 N–H and O–H groups in total. The molecule has 0 aromatic carbocycles. The summed E-state index contributed by atoms with van der Waals surface area (Å²) in [4.78, 5) is 11.6. The molecule has 96 valence electrons. The van der Waals surface area contributed by atoms with Gasteiger partial charge in [0.1, 0.15) is 6.10 Å². The summed E-state index contributed by atoms with van der Waals surface area (Å²) in [5.74, 6) is -0.0163. The molecule has 2 unspecified atom stereocenters. The van der Waals surface area contributed by atoms with Crippen LogP contribution in [0, 0.1) is 0 Å². The van der Waals surface area contributed by atoms with E-state index >= 15 is 0 Å². The number of hydrogen-bond acceptors (Lipinski definition) is 3.